The lowest BCUT2D eigenvalue weighted by Crippen LogP contribution is -2.49. The highest BCUT2D eigenvalue weighted by atomic mass is 32.1. The molecule has 1 aromatic heterocycles. The monoisotopic (exact) mass is 308 g/mol. The van der Waals surface area contributed by atoms with Gasteiger partial charge in [-0.15, -0.1) is 0 Å². The number of morpholine rings is 1. The zero-order valence-corrected chi connectivity index (χ0v) is 13.3. The number of ether oxygens (including phenoxy) is 1. The fourth-order valence-corrected chi connectivity index (χ4v) is 3.90. The average Bonchev–Trinajstić information content (AvgIpc) is 2.96. The summed E-state index contributed by atoms with van der Waals surface area (Å²) in [5.41, 5.74) is 0.855. The van der Waals surface area contributed by atoms with Crippen LogP contribution in [0.5, 0.6) is 0 Å². The molecule has 3 rings (SSSR count). The SMILES string of the molecule is O=C(c1ccsc1)N1CCCCCC1CN1CCOCC1. The van der Waals surface area contributed by atoms with E-state index in [4.69, 9.17) is 4.74 Å². The largest absolute Gasteiger partial charge is 0.379 e. The van der Waals surface area contributed by atoms with Crippen molar-refractivity contribution in [1.29, 1.82) is 0 Å². The molecule has 116 valence electrons. The highest BCUT2D eigenvalue weighted by Crippen LogP contribution is 2.21. The van der Waals surface area contributed by atoms with Crippen molar-refractivity contribution in [2.75, 3.05) is 39.4 Å². The second-order valence-corrected chi connectivity index (χ2v) is 6.71. The summed E-state index contributed by atoms with van der Waals surface area (Å²) in [5.74, 6) is 0.219. The maximum Gasteiger partial charge on any atom is 0.254 e. The van der Waals surface area contributed by atoms with Crippen molar-refractivity contribution in [3.63, 3.8) is 0 Å². The van der Waals surface area contributed by atoms with Gasteiger partial charge in [0.25, 0.3) is 5.91 Å². The van der Waals surface area contributed by atoms with E-state index in [1.165, 1.54) is 12.8 Å². The van der Waals surface area contributed by atoms with Crippen LogP contribution in [0.15, 0.2) is 16.8 Å². The lowest BCUT2D eigenvalue weighted by atomic mass is 10.1. The number of rotatable bonds is 3. The van der Waals surface area contributed by atoms with Gasteiger partial charge >= 0.3 is 0 Å². The number of carbonyl (C=O) groups excluding carboxylic acids is 1. The highest BCUT2D eigenvalue weighted by Gasteiger charge is 2.28. The molecule has 0 saturated carbocycles. The maximum atomic E-state index is 12.8. The summed E-state index contributed by atoms with van der Waals surface area (Å²) in [6.07, 6.45) is 4.75. The Morgan fingerprint density at radius 2 is 2.10 bits per heavy atom. The van der Waals surface area contributed by atoms with Crippen LogP contribution in [0.2, 0.25) is 0 Å². The van der Waals surface area contributed by atoms with Crippen LogP contribution in [0.1, 0.15) is 36.0 Å². The van der Waals surface area contributed by atoms with Gasteiger partial charge in [-0.25, -0.2) is 0 Å². The maximum absolute atomic E-state index is 12.8. The van der Waals surface area contributed by atoms with Crippen LogP contribution in [0.25, 0.3) is 0 Å². The molecule has 0 radical (unpaired) electrons. The molecule has 1 aromatic rings. The lowest BCUT2D eigenvalue weighted by molar-refractivity contribution is 0.0218. The molecule has 1 atom stereocenters. The zero-order chi connectivity index (χ0) is 14.5. The van der Waals surface area contributed by atoms with E-state index in [0.717, 1.165) is 57.8 Å². The fourth-order valence-electron chi connectivity index (χ4n) is 3.27. The van der Waals surface area contributed by atoms with E-state index in [-0.39, 0.29) is 5.91 Å². The second kappa shape index (κ2) is 7.38. The molecule has 4 nitrogen and oxygen atoms in total. The van der Waals surface area contributed by atoms with Crippen molar-refractivity contribution in [2.45, 2.75) is 31.7 Å². The van der Waals surface area contributed by atoms with E-state index in [9.17, 15) is 4.79 Å². The van der Waals surface area contributed by atoms with Crippen LogP contribution in [0, 0.1) is 0 Å². The Labute approximate surface area is 130 Å². The minimum atomic E-state index is 0.219. The molecule has 21 heavy (non-hydrogen) atoms. The van der Waals surface area contributed by atoms with Crippen LogP contribution >= 0.6 is 11.3 Å². The fraction of sp³-hybridized carbons (Fsp3) is 0.688. The Morgan fingerprint density at radius 1 is 1.24 bits per heavy atom. The van der Waals surface area contributed by atoms with Crippen LogP contribution < -0.4 is 0 Å². The molecule has 2 saturated heterocycles. The first-order valence-electron chi connectivity index (χ1n) is 7.98. The minimum absolute atomic E-state index is 0.219. The normalized spacial score (nSPS) is 24.8. The van der Waals surface area contributed by atoms with E-state index >= 15 is 0 Å². The smallest absolute Gasteiger partial charge is 0.254 e. The predicted molar refractivity (Wildman–Crippen MR) is 84.9 cm³/mol. The van der Waals surface area contributed by atoms with Crippen LogP contribution in [0.4, 0.5) is 0 Å². The van der Waals surface area contributed by atoms with Crippen LogP contribution in [-0.2, 0) is 4.74 Å². The molecule has 2 fully saturated rings. The molecule has 0 N–H and O–H groups in total. The summed E-state index contributed by atoms with van der Waals surface area (Å²) in [7, 11) is 0. The van der Waals surface area contributed by atoms with Crippen LogP contribution in [-0.4, -0.2) is 61.1 Å². The summed E-state index contributed by atoms with van der Waals surface area (Å²) in [4.78, 5) is 17.3. The third-order valence-electron chi connectivity index (χ3n) is 4.48. The van der Waals surface area contributed by atoms with Crippen LogP contribution in [0.3, 0.4) is 0 Å². The van der Waals surface area contributed by atoms with E-state index in [0.29, 0.717) is 6.04 Å². The zero-order valence-electron chi connectivity index (χ0n) is 12.5. The quantitative estimate of drug-likeness (QED) is 0.860. The molecule has 1 unspecified atom stereocenters. The second-order valence-electron chi connectivity index (χ2n) is 5.93. The van der Waals surface area contributed by atoms with Gasteiger partial charge < -0.3 is 9.64 Å². The number of likely N-dealkylation sites (tertiary alicyclic amines) is 1. The van der Waals surface area contributed by atoms with Gasteiger partial charge in [0, 0.05) is 37.6 Å². The topological polar surface area (TPSA) is 32.8 Å². The Kier molecular flexibility index (Phi) is 5.27. The van der Waals surface area contributed by atoms with Gasteiger partial charge in [-0.2, -0.15) is 11.3 Å². The van der Waals surface area contributed by atoms with Crippen molar-refractivity contribution < 1.29 is 9.53 Å². The van der Waals surface area contributed by atoms with E-state index < -0.39 is 0 Å². The highest BCUT2D eigenvalue weighted by molar-refractivity contribution is 7.08. The van der Waals surface area contributed by atoms with E-state index in [2.05, 4.69) is 9.80 Å². The van der Waals surface area contributed by atoms with E-state index in [1.807, 2.05) is 16.8 Å². The number of carbonyl (C=O) groups is 1. The molecule has 0 spiro atoms. The summed E-state index contributed by atoms with van der Waals surface area (Å²) >= 11 is 1.60. The molecule has 2 aliphatic rings. The summed E-state index contributed by atoms with van der Waals surface area (Å²) in [6, 6.07) is 2.31. The predicted octanol–water partition coefficient (Wildman–Crippen LogP) is 2.47. The van der Waals surface area contributed by atoms with E-state index in [1.54, 1.807) is 11.3 Å². The first kappa shape index (κ1) is 15.0. The van der Waals surface area contributed by atoms with Crippen molar-refractivity contribution in [3.05, 3.63) is 22.4 Å². The molecule has 0 aromatic carbocycles. The van der Waals surface area contributed by atoms with Gasteiger partial charge in [0.15, 0.2) is 0 Å². The first-order valence-corrected chi connectivity index (χ1v) is 8.92. The van der Waals surface area contributed by atoms with Gasteiger partial charge in [-0.3, -0.25) is 9.69 Å². The van der Waals surface area contributed by atoms with Crippen molar-refractivity contribution in [2.24, 2.45) is 0 Å². The van der Waals surface area contributed by atoms with Crippen molar-refractivity contribution in [3.8, 4) is 0 Å². The third kappa shape index (κ3) is 3.84. The first-order chi connectivity index (χ1) is 10.3. The summed E-state index contributed by atoms with van der Waals surface area (Å²) < 4.78 is 5.43. The lowest BCUT2D eigenvalue weighted by Gasteiger charge is -2.35. The Hall–Kier alpha value is -0.910. The van der Waals surface area contributed by atoms with Gasteiger partial charge in [-0.05, 0) is 24.3 Å². The number of hydrogen-bond donors (Lipinski definition) is 0. The molecule has 5 heteroatoms. The Morgan fingerprint density at radius 3 is 2.86 bits per heavy atom. The Balaban J connectivity index is 1.69. The van der Waals surface area contributed by atoms with Gasteiger partial charge in [-0.1, -0.05) is 12.8 Å². The summed E-state index contributed by atoms with van der Waals surface area (Å²) in [6.45, 7) is 5.55. The number of amides is 1. The van der Waals surface area contributed by atoms with Gasteiger partial charge in [0.2, 0.25) is 0 Å². The number of thiophene rings is 1. The van der Waals surface area contributed by atoms with Crippen molar-refractivity contribution in [1.82, 2.24) is 9.80 Å². The van der Waals surface area contributed by atoms with Crippen molar-refractivity contribution >= 4 is 17.2 Å². The standard InChI is InChI=1S/C16H24N2O2S/c19-16(14-5-11-21-13-14)18-6-3-1-2-4-15(18)12-17-7-9-20-10-8-17/h5,11,13,15H,1-4,6-10,12H2. The third-order valence-corrected chi connectivity index (χ3v) is 5.16. The molecule has 1 amide bonds. The number of nitrogens with zero attached hydrogens (tertiary/aromatic N) is 2. The van der Waals surface area contributed by atoms with Gasteiger partial charge in [0.1, 0.15) is 0 Å². The molecular weight excluding hydrogens is 284 g/mol. The molecule has 0 aliphatic carbocycles. The molecule has 3 heterocycles. The summed E-state index contributed by atoms with van der Waals surface area (Å²) in [5, 5.41) is 3.96. The molecular formula is C16H24N2O2S. The number of hydrogen-bond acceptors (Lipinski definition) is 4. The average molecular weight is 308 g/mol. The minimum Gasteiger partial charge on any atom is -0.379 e. The molecule has 0 bridgehead atoms. The Bertz CT molecular complexity index is 443. The molecule has 2 aliphatic heterocycles. The van der Waals surface area contributed by atoms with Gasteiger partial charge in [0.05, 0.1) is 18.8 Å².